The molecule has 3 heterocycles. The van der Waals surface area contributed by atoms with E-state index in [1.54, 1.807) is 11.3 Å². The minimum atomic E-state index is -0.0657. The van der Waals surface area contributed by atoms with Gasteiger partial charge < -0.3 is 14.6 Å². The number of thioether (sulfide) groups is 1. The minimum Gasteiger partial charge on any atom is -0.368 e. The number of aryl methyl sites for hydroxylation is 1. The summed E-state index contributed by atoms with van der Waals surface area (Å²) in [5.41, 5.74) is 0.983. The molecule has 9 heteroatoms. The Labute approximate surface area is 142 Å². The number of nitrogens with one attached hydrogen (secondary N) is 1. The first-order valence-electron chi connectivity index (χ1n) is 7.46. The molecule has 0 spiro atoms. The number of carbonyl (C=O) groups is 1. The number of aromatic nitrogens is 3. The lowest BCUT2D eigenvalue weighted by Crippen LogP contribution is -2.27. The van der Waals surface area contributed by atoms with Crippen molar-refractivity contribution in [2.45, 2.75) is 36.6 Å². The minimum absolute atomic E-state index is 0.0225. The second-order valence-electron chi connectivity index (χ2n) is 5.19. The molecule has 1 saturated heterocycles. The molecule has 3 rings (SSSR count). The van der Waals surface area contributed by atoms with Crippen LogP contribution in [0.4, 0.5) is 0 Å². The van der Waals surface area contributed by atoms with E-state index in [0.29, 0.717) is 30.4 Å². The van der Waals surface area contributed by atoms with Crippen LogP contribution in [0.3, 0.4) is 0 Å². The average Bonchev–Trinajstić information content (AvgIpc) is 3.26. The number of hydrogen-bond donors (Lipinski definition) is 1. The molecule has 0 radical (unpaired) electrons. The third-order valence-corrected chi connectivity index (χ3v) is 5.42. The Morgan fingerprint density at radius 2 is 2.43 bits per heavy atom. The van der Waals surface area contributed by atoms with Crippen LogP contribution in [0, 0.1) is 6.92 Å². The highest BCUT2D eigenvalue weighted by Crippen LogP contribution is 2.26. The van der Waals surface area contributed by atoms with E-state index in [1.807, 2.05) is 12.3 Å². The molecule has 0 aromatic carbocycles. The smallest absolute Gasteiger partial charge is 0.255 e. The van der Waals surface area contributed by atoms with E-state index in [-0.39, 0.29) is 12.0 Å². The first-order chi connectivity index (χ1) is 11.2. The second-order valence-corrected chi connectivity index (χ2v) is 7.27. The molecule has 0 unspecified atom stereocenters. The summed E-state index contributed by atoms with van der Waals surface area (Å²) in [5.74, 6) is 1.48. The molecule has 1 N–H and O–H groups in total. The third kappa shape index (κ3) is 4.76. The van der Waals surface area contributed by atoms with Gasteiger partial charge in [-0.2, -0.15) is 4.98 Å². The molecular weight excluding hydrogens is 336 g/mol. The fourth-order valence-electron chi connectivity index (χ4n) is 2.16. The highest BCUT2D eigenvalue weighted by atomic mass is 32.2. The van der Waals surface area contributed by atoms with Gasteiger partial charge in [0, 0.05) is 30.6 Å². The van der Waals surface area contributed by atoms with Crippen LogP contribution in [0.2, 0.25) is 0 Å². The first kappa shape index (κ1) is 16.4. The number of nitrogens with zero attached hydrogens (tertiary/aromatic N) is 3. The van der Waals surface area contributed by atoms with Gasteiger partial charge in [-0.3, -0.25) is 4.79 Å². The predicted octanol–water partition coefficient (Wildman–Crippen LogP) is 2.14. The molecule has 7 nitrogen and oxygen atoms in total. The van der Waals surface area contributed by atoms with Crippen molar-refractivity contribution in [3.8, 4) is 0 Å². The Hall–Kier alpha value is -1.45. The number of hydrogen-bond acceptors (Lipinski definition) is 8. The quantitative estimate of drug-likeness (QED) is 0.762. The van der Waals surface area contributed by atoms with Gasteiger partial charge >= 0.3 is 0 Å². The molecule has 1 atom stereocenters. The van der Waals surface area contributed by atoms with Gasteiger partial charge in [0.1, 0.15) is 6.10 Å². The van der Waals surface area contributed by atoms with E-state index in [4.69, 9.17) is 9.26 Å². The largest absolute Gasteiger partial charge is 0.368 e. The van der Waals surface area contributed by atoms with Crippen molar-refractivity contribution < 1.29 is 14.1 Å². The number of ether oxygens (including phenoxy) is 1. The molecule has 1 fully saturated rings. The standard InChI is InChI=1S/C14H18N4O3S2/c1-9-7-22-14(16-9)23-8-12(19)15-5-4-11-17-13(21-18-11)10-3-2-6-20-10/h7,10H,2-6,8H2,1H3,(H,15,19)/t10-/m1/s1. The van der Waals surface area contributed by atoms with Gasteiger partial charge in [-0.25, -0.2) is 4.98 Å². The zero-order chi connectivity index (χ0) is 16.1. The Morgan fingerprint density at radius 3 is 3.17 bits per heavy atom. The van der Waals surface area contributed by atoms with Crippen molar-refractivity contribution in [2.24, 2.45) is 0 Å². The summed E-state index contributed by atoms with van der Waals surface area (Å²) in [7, 11) is 0. The maximum atomic E-state index is 11.8. The number of amides is 1. The Bertz CT molecular complexity index is 652. The third-order valence-electron chi connectivity index (χ3n) is 3.28. The molecule has 124 valence electrons. The van der Waals surface area contributed by atoms with Gasteiger partial charge in [0.2, 0.25) is 5.91 Å². The summed E-state index contributed by atoms with van der Waals surface area (Å²) in [6.45, 7) is 3.17. The number of carbonyl (C=O) groups excluding carboxylic acids is 1. The highest BCUT2D eigenvalue weighted by molar-refractivity contribution is 8.01. The molecule has 2 aromatic heterocycles. The Morgan fingerprint density at radius 1 is 1.52 bits per heavy atom. The van der Waals surface area contributed by atoms with Crippen molar-refractivity contribution in [2.75, 3.05) is 18.9 Å². The summed E-state index contributed by atoms with van der Waals surface area (Å²) >= 11 is 3.00. The van der Waals surface area contributed by atoms with Crippen LogP contribution in [0.25, 0.3) is 0 Å². The van der Waals surface area contributed by atoms with Crippen LogP contribution in [-0.2, 0) is 16.0 Å². The van der Waals surface area contributed by atoms with Crippen LogP contribution >= 0.6 is 23.1 Å². The van der Waals surface area contributed by atoms with E-state index >= 15 is 0 Å². The van der Waals surface area contributed by atoms with Gasteiger partial charge in [0.25, 0.3) is 5.89 Å². The number of rotatable bonds is 7. The molecule has 23 heavy (non-hydrogen) atoms. The molecule has 2 aromatic rings. The molecular formula is C14H18N4O3S2. The second kappa shape index (κ2) is 7.89. The summed E-state index contributed by atoms with van der Waals surface area (Å²) in [6.07, 6.45) is 2.42. The highest BCUT2D eigenvalue weighted by Gasteiger charge is 2.23. The first-order valence-corrected chi connectivity index (χ1v) is 9.33. The van der Waals surface area contributed by atoms with Gasteiger partial charge in [-0.15, -0.1) is 11.3 Å². The van der Waals surface area contributed by atoms with Crippen LogP contribution in [0.15, 0.2) is 14.2 Å². The van der Waals surface area contributed by atoms with Crippen LogP contribution < -0.4 is 5.32 Å². The van der Waals surface area contributed by atoms with Gasteiger partial charge in [0.05, 0.1) is 5.75 Å². The van der Waals surface area contributed by atoms with E-state index in [9.17, 15) is 4.79 Å². The molecule has 0 saturated carbocycles. The zero-order valence-corrected chi connectivity index (χ0v) is 14.4. The maximum Gasteiger partial charge on any atom is 0.255 e. The molecule has 0 aliphatic carbocycles. The van der Waals surface area contributed by atoms with Crippen LogP contribution in [-0.4, -0.2) is 39.9 Å². The molecule has 0 bridgehead atoms. The summed E-state index contributed by atoms with van der Waals surface area (Å²) in [4.78, 5) is 20.4. The van der Waals surface area contributed by atoms with Crippen molar-refractivity contribution in [3.05, 3.63) is 22.8 Å². The molecule has 1 aliphatic rings. The van der Waals surface area contributed by atoms with E-state index in [0.717, 1.165) is 29.5 Å². The van der Waals surface area contributed by atoms with Gasteiger partial charge in [-0.05, 0) is 19.8 Å². The maximum absolute atomic E-state index is 11.8. The van der Waals surface area contributed by atoms with E-state index in [2.05, 4.69) is 20.4 Å². The van der Waals surface area contributed by atoms with Crippen molar-refractivity contribution in [1.82, 2.24) is 20.4 Å². The fourth-order valence-corrected chi connectivity index (χ4v) is 3.84. The summed E-state index contributed by atoms with van der Waals surface area (Å²) in [6, 6.07) is 0. The van der Waals surface area contributed by atoms with Crippen LogP contribution in [0.1, 0.15) is 36.4 Å². The lowest BCUT2D eigenvalue weighted by Gasteiger charge is -2.02. The van der Waals surface area contributed by atoms with Crippen LogP contribution in [0.5, 0.6) is 0 Å². The van der Waals surface area contributed by atoms with E-state index < -0.39 is 0 Å². The van der Waals surface area contributed by atoms with E-state index in [1.165, 1.54) is 11.8 Å². The topological polar surface area (TPSA) is 90.1 Å². The lowest BCUT2D eigenvalue weighted by molar-refractivity contribution is -0.118. The van der Waals surface area contributed by atoms with Gasteiger partial charge in [-0.1, -0.05) is 16.9 Å². The molecule has 1 aliphatic heterocycles. The Balaban J connectivity index is 1.36. The van der Waals surface area contributed by atoms with Crippen molar-refractivity contribution >= 4 is 29.0 Å². The Kier molecular flexibility index (Phi) is 5.63. The summed E-state index contributed by atoms with van der Waals surface area (Å²) < 4.78 is 11.6. The normalized spacial score (nSPS) is 17.5. The fraction of sp³-hybridized carbons (Fsp3) is 0.571. The monoisotopic (exact) mass is 354 g/mol. The SMILES string of the molecule is Cc1csc(SCC(=O)NCCc2noc([C@H]3CCCO3)n2)n1. The number of thiazole rings is 1. The average molecular weight is 354 g/mol. The zero-order valence-electron chi connectivity index (χ0n) is 12.8. The summed E-state index contributed by atoms with van der Waals surface area (Å²) in [5, 5.41) is 8.75. The lowest BCUT2D eigenvalue weighted by atomic mass is 10.2. The predicted molar refractivity (Wildman–Crippen MR) is 86.5 cm³/mol. The molecule has 1 amide bonds. The van der Waals surface area contributed by atoms with Crippen molar-refractivity contribution in [1.29, 1.82) is 0 Å². The van der Waals surface area contributed by atoms with Crippen molar-refractivity contribution in [3.63, 3.8) is 0 Å². The van der Waals surface area contributed by atoms with Gasteiger partial charge in [0.15, 0.2) is 10.2 Å².